The number of amides is 1. The molecule has 2 aromatic heterocycles. The lowest BCUT2D eigenvalue weighted by Gasteiger charge is -2.33. The topological polar surface area (TPSA) is 79.7 Å². The molecular weight excluding hydrogens is 392 g/mol. The van der Waals surface area contributed by atoms with Crippen molar-refractivity contribution in [3.8, 4) is 0 Å². The van der Waals surface area contributed by atoms with Gasteiger partial charge in [-0.25, -0.2) is 4.98 Å². The zero-order valence-corrected chi connectivity index (χ0v) is 17.5. The number of rotatable bonds is 3. The Morgan fingerprint density at radius 1 is 1.16 bits per heavy atom. The van der Waals surface area contributed by atoms with E-state index in [9.17, 15) is 9.59 Å². The Morgan fingerprint density at radius 2 is 1.97 bits per heavy atom. The highest BCUT2D eigenvalue weighted by atomic mass is 16.5. The van der Waals surface area contributed by atoms with Crippen LogP contribution in [0.1, 0.15) is 47.6 Å². The molecule has 4 aromatic rings. The van der Waals surface area contributed by atoms with Crippen LogP contribution < -0.4 is 5.56 Å². The molecule has 7 heteroatoms. The molecule has 0 bridgehead atoms. The largest absolute Gasteiger partial charge is 0.370 e. The molecule has 5 rings (SSSR count). The molecule has 1 amide bonds. The van der Waals surface area contributed by atoms with Crippen LogP contribution in [-0.4, -0.2) is 44.9 Å². The molecule has 0 saturated carbocycles. The first-order valence-electron chi connectivity index (χ1n) is 10.5. The van der Waals surface area contributed by atoms with E-state index in [1.165, 1.54) is 0 Å². The number of aromatic amines is 1. The maximum Gasteiger partial charge on any atom is 0.274 e. The number of imidazole rings is 1. The normalized spacial score (nSPS) is 17.0. The first kappa shape index (κ1) is 19.5. The molecule has 1 N–H and O–H groups in total. The minimum absolute atomic E-state index is 0.0678. The molecule has 1 saturated heterocycles. The third kappa shape index (κ3) is 3.41. The number of H-pyrrole nitrogens is 1. The minimum atomic E-state index is -0.216. The van der Waals surface area contributed by atoms with Gasteiger partial charge in [-0.1, -0.05) is 44.2 Å². The van der Waals surface area contributed by atoms with Gasteiger partial charge in [0.2, 0.25) is 0 Å². The standard InChI is InChI=1S/C24H24N4O3/c1-15(2)22-25-13-20-23(29)26-18-12-17(8-9-19(18)28(20)22)24(30)27-10-11-31-21(14-27)16-6-4-3-5-7-16/h3-9,12-13,15,21H,10-11,14H2,1-2H3,(H,26,29). The number of nitrogens with one attached hydrogen (secondary N) is 1. The van der Waals surface area contributed by atoms with Crippen molar-refractivity contribution in [3.05, 3.63) is 82.0 Å². The van der Waals surface area contributed by atoms with Gasteiger partial charge in [0, 0.05) is 18.0 Å². The van der Waals surface area contributed by atoms with Gasteiger partial charge in [-0.05, 0) is 23.8 Å². The highest BCUT2D eigenvalue weighted by molar-refractivity contribution is 5.97. The zero-order chi connectivity index (χ0) is 21.5. The van der Waals surface area contributed by atoms with E-state index in [0.717, 1.165) is 16.9 Å². The van der Waals surface area contributed by atoms with Gasteiger partial charge in [0.1, 0.15) is 17.4 Å². The lowest BCUT2D eigenvalue weighted by Crippen LogP contribution is -2.42. The zero-order valence-electron chi connectivity index (χ0n) is 17.5. The highest BCUT2D eigenvalue weighted by Crippen LogP contribution is 2.25. The summed E-state index contributed by atoms with van der Waals surface area (Å²) in [6.45, 7) is 5.61. The first-order valence-corrected chi connectivity index (χ1v) is 10.5. The molecule has 0 radical (unpaired) electrons. The summed E-state index contributed by atoms with van der Waals surface area (Å²) in [4.78, 5) is 35.0. The van der Waals surface area contributed by atoms with E-state index in [1.807, 2.05) is 65.6 Å². The molecule has 1 aliphatic heterocycles. The van der Waals surface area contributed by atoms with Crippen LogP contribution in [-0.2, 0) is 4.74 Å². The lowest BCUT2D eigenvalue weighted by molar-refractivity contribution is -0.0228. The summed E-state index contributed by atoms with van der Waals surface area (Å²) in [6, 6.07) is 15.4. The Balaban J connectivity index is 1.50. The summed E-state index contributed by atoms with van der Waals surface area (Å²) in [5.41, 5.74) is 3.35. The molecule has 7 nitrogen and oxygen atoms in total. The molecule has 158 valence electrons. The van der Waals surface area contributed by atoms with E-state index < -0.39 is 0 Å². The quantitative estimate of drug-likeness (QED) is 0.554. The van der Waals surface area contributed by atoms with Gasteiger partial charge in [0.15, 0.2) is 0 Å². The van der Waals surface area contributed by atoms with Crippen molar-refractivity contribution in [1.29, 1.82) is 0 Å². The average Bonchev–Trinajstić information content (AvgIpc) is 3.25. The number of ether oxygens (including phenoxy) is 1. The van der Waals surface area contributed by atoms with Crippen LogP contribution in [0.25, 0.3) is 16.6 Å². The summed E-state index contributed by atoms with van der Waals surface area (Å²) >= 11 is 0. The molecule has 1 fully saturated rings. The van der Waals surface area contributed by atoms with Crippen molar-refractivity contribution in [2.45, 2.75) is 25.9 Å². The van der Waals surface area contributed by atoms with Gasteiger partial charge >= 0.3 is 0 Å². The monoisotopic (exact) mass is 416 g/mol. The van der Waals surface area contributed by atoms with Crippen molar-refractivity contribution in [2.75, 3.05) is 19.7 Å². The summed E-state index contributed by atoms with van der Waals surface area (Å²) in [5, 5.41) is 0. The predicted molar refractivity (Wildman–Crippen MR) is 118 cm³/mol. The number of carbonyl (C=O) groups excluding carboxylic acids is 1. The Kier molecular flexibility index (Phi) is 4.82. The van der Waals surface area contributed by atoms with Crippen molar-refractivity contribution in [2.24, 2.45) is 0 Å². The Hall–Kier alpha value is -3.45. The summed E-state index contributed by atoms with van der Waals surface area (Å²) in [7, 11) is 0. The van der Waals surface area contributed by atoms with Crippen LogP contribution in [0, 0.1) is 0 Å². The van der Waals surface area contributed by atoms with Gasteiger partial charge in [-0.2, -0.15) is 0 Å². The van der Waals surface area contributed by atoms with Crippen LogP contribution in [0.15, 0.2) is 59.5 Å². The van der Waals surface area contributed by atoms with E-state index in [4.69, 9.17) is 4.74 Å². The molecule has 1 unspecified atom stereocenters. The highest BCUT2D eigenvalue weighted by Gasteiger charge is 2.26. The molecule has 1 atom stereocenters. The van der Waals surface area contributed by atoms with Gasteiger partial charge < -0.3 is 14.6 Å². The SMILES string of the molecule is CC(C)c1ncc2c(=O)[nH]c3cc(C(=O)N4CCOC(c5ccccc5)C4)ccc3n12. The van der Waals surface area contributed by atoms with E-state index >= 15 is 0 Å². The number of morpholine rings is 1. The second-order valence-corrected chi connectivity index (χ2v) is 8.20. The fourth-order valence-electron chi connectivity index (χ4n) is 4.22. The van der Waals surface area contributed by atoms with E-state index in [-0.39, 0.29) is 23.5 Å². The van der Waals surface area contributed by atoms with Gasteiger partial charge in [-0.15, -0.1) is 0 Å². The Morgan fingerprint density at radius 3 is 2.74 bits per heavy atom. The van der Waals surface area contributed by atoms with Gasteiger partial charge in [0.05, 0.1) is 30.4 Å². The van der Waals surface area contributed by atoms with Crippen molar-refractivity contribution >= 4 is 22.5 Å². The Bertz CT molecular complexity index is 1320. The number of fused-ring (bicyclic) bond motifs is 3. The lowest BCUT2D eigenvalue weighted by atomic mass is 10.1. The van der Waals surface area contributed by atoms with Crippen LogP contribution in [0.2, 0.25) is 0 Å². The number of aromatic nitrogens is 3. The molecule has 1 aliphatic rings. The van der Waals surface area contributed by atoms with E-state index in [0.29, 0.717) is 36.3 Å². The van der Waals surface area contributed by atoms with E-state index in [2.05, 4.69) is 9.97 Å². The van der Waals surface area contributed by atoms with E-state index in [1.54, 1.807) is 12.3 Å². The molecule has 0 spiro atoms. The fraction of sp³-hybridized carbons (Fsp3) is 0.292. The molecule has 31 heavy (non-hydrogen) atoms. The second kappa shape index (κ2) is 7.67. The third-order valence-electron chi connectivity index (χ3n) is 5.80. The summed E-state index contributed by atoms with van der Waals surface area (Å²) in [5.74, 6) is 0.919. The average molecular weight is 416 g/mol. The number of hydrogen-bond acceptors (Lipinski definition) is 4. The maximum atomic E-state index is 13.3. The summed E-state index contributed by atoms with van der Waals surface area (Å²) < 4.78 is 7.77. The van der Waals surface area contributed by atoms with Crippen molar-refractivity contribution < 1.29 is 9.53 Å². The van der Waals surface area contributed by atoms with Gasteiger partial charge in [0.25, 0.3) is 11.5 Å². The fourth-order valence-corrected chi connectivity index (χ4v) is 4.22. The summed E-state index contributed by atoms with van der Waals surface area (Å²) in [6.07, 6.45) is 1.46. The van der Waals surface area contributed by atoms with Crippen LogP contribution in [0.4, 0.5) is 0 Å². The molecule has 3 heterocycles. The first-order chi connectivity index (χ1) is 15.0. The molecule has 0 aliphatic carbocycles. The molecule has 2 aromatic carbocycles. The third-order valence-corrected chi connectivity index (χ3v) is 5.80. The van der Waals surface area contributed by atoms with Crippen molar-refractivity contribution in [3.63, 3.8) is 0 Å². The Labute approximate surface area is 179 Å². The van der Waals surface area contributed by atoms with Crippen LogP contribution in [0.5, 0.6) is 0 Å². The maximum absolute atomic E-state index is 13.3. The minimum Gasteiger partial charge on any atom is -0.370 e. The predicted octanol–water partition coefficient (Wildman–Crippen LogP) is 3.51. The van der Waals surface area contributed by atoms with Gasteiger partial charge in [-0.3, -0.25) is 14.0 Å². The molecular formula is C24H24N4O3. The van der Waals surface area contributed by atoms with Crippen molar-refractivity contribution in [1.82, 2.24) is 19.3 Å². The van der Waals surface area contributed by atoms with Crippen LogP contribution in [0.3, 0.4) is 0 Å². The number of benzene rings is 2. The smallest absolute Gasteiger partial charge is 0.274 e. The second-order valence-electron chi connectivity index (χ2n) is 8.20. The number of carbonyl (C=O) groups is 1. The van der Waals surface area contributed by atoms with Crippen LogP contribution >= 0.6 is 0 Å². The number of nitrogens with zero attached hydrogens (tertiary/aromatic N) is 3. The number of hydrogen-bond donors (Lipinski definition) is 1.